The van der Waals surface area contributed by atoms with Gasteiger partial charge in [0, 0.05) is 44.2 Å². The molecule has 2 aromatic heterocycles. The van der Waals surface area contributed by atoms with Crippen molar-refractivity contribution in [3.05, 3.63) is 24.9 Å². The number of rotatable bonds is 7. The molecule has 0 aromatic carbocycles. The van der Waals surface area contributed by atoms with Crippen LogP contribution in [0.2, 0.25) is 0 Å². The Bertz CT molecular complexity index is 694. The number of hydrogen-bond donors (Lipinski definition) is 1. The molecule has 0 saturated carbocycles. The summed E-state index contributed by atoms with van der Waals surface area (Å²) in [6.07, 6.45) is 12.0. The maximum absolute atomic E-state index is 9.39. The van der Waals surface area contributed by atoms with Crippen molar-refractivity contribution in [2.75, 3.05) is 24.6 Å². The molecule has 0 spiro atoms. The summed E-state index contributed by atoms with van der Waals surface area (Å²) in [4.78, 5) is 15.8. The Hall–Kier alpha value is -1.95. The van der Waals surface area contributed by atoms with Crippen LogP contribution in [0.25, 0.3) is 11.3 Å². The quantitative estimate of drug-likeness (QED) is 0.823. The van der Waals surface area contributed by atoms with Gasteiger partial charge in [0.25, 0.3) is 0 Å². The van der Waals surface area contributed by atoms with Gasteiger partial charge in [0.2, 0.25) is 5.95 Å². The third kappa shape index (κ3) is 4.61. The first-order valence-electron chi connectivity index (χ1n) is 9.67. The van der Waals surface area contributed by atoms with Crippen LogP contribution < -0.4 is 4.90 Å². The fourth-order valence-corrected chi connectivity index (χ4v) is 3.53. The van der Waals surface area contributed by atoms with Crippen molar-refractivity contribution in [1.82, 2.24) is 19.5 Å². The number of imidazole rings is 1. The normalized spacial score (nSPS) is 18.3. The highest BCUT2D eigenvalue weighted by atomic mass is 16.3. The van der Waals surface area contributed by atoms with Crippen molar-refractivity contribution in [3.8, 4) is 11.3 Å². The molecule has 26 heavy (non-hydrogen) atoms. The van der Waals surface area contributed by atoms with E-state index in [4.69, 9.17) is 0 Å². The third-order valence-corrected chi connectivity index (χ3v) is 5.27. The molecule has 6 heteroatoms. The van der Waals surface area contributed by atoms with Crippen LogP contribution in [0, 0.1) is 11.3 Å². The van der Waals surface area contributed by atoms with Crippen LogP contribution in [0.15, 0.2) is 24.9 Å². The summed E-state index contributed by atoms with van der Waals surface area (Å²) in [5.41, 5.74) is 2.01. The molecule has 2 aromatic rings. The van der Waals surface area contributed by atoms with E-state index in [2.05, 4.69) is 45.2 Å². The number of aliphatic hydroxyl groups excluding tert-OH is 1. The molecule has 0 bridgehead atoms. The molecule has 6 nitrogen and oxygen atoms in total. The van der Waals surface area contributed by atoms with Gasteiger partial charge >= 0.3 is 0 Å². The molecule has 1 saturated heterocycles. The van der Waals surface area contributed by atoms with E-state index in [0.29, 0.717) is 5.92 Å². The molecule has 0 aliphatic carbocycles. The molecular formula is C20H31N5O. The topological polar surface area (TPSA) is 67.1 Å². The molecule has 1 aliphatic rings. The first-order chi connectivity index (χ1) is 12.5. The van der Waals surface area contributed by atoms with Gasteiger partial charge in [-0.1, -0.05) is 20.8 Å². The van der Waals surface area contributed by atoms with Crippen molar-refractivity contribution in [2.24, 2.45) is 11.3 Å². The zero-order valence-electron chi connectivity index (χ0n) is 16.2. The molecule has 3 rings (SSSR count). The largest absolute Gasteiger partial charge is 0.396 e. The summed E-state index contributed by atoms with van der Waals surface area (Å²) in [5.74, 6) is 1.53. The first-order valence-corrected chi connectivity index (χ1v) is 9.67. The van der Waals surface area contributed by atoms with Crippen molar-refractivity contribution in [3.63, 3.8) is 0 Å². The van der Waals surface area contributed by atoms with E-state index in [1.807, 2.05) is 24.9 Å². The van der Waals surface area contributed by atoms with Gasteiger partial charge < -0.3 is 14.6 Å². The second-order valence-electron chi connectivity index (χ2n) is 8.36. The number of hydrogen-bond acceptors (Lipinski definition) is 5. The lowest BCUT2D eigenvalue weighted by Gasteiger charge is -2.30. The molecule has 3 heterocycles. The predicted octanol–water partition coefficient (Wildman–Crippen LogP) is 3.38. The van der Waals surface area contributed by atoms with Crippen molar-refractivity contribution < 1.29 is 5.11 Å². The maximum Gasteiger partial charge on any atom is 0.225 e. The van der Waals surface area contributed by atoms with Crippen LogP contribution in [0.1, 0.15) is 46.5 Å². The maximum atomic E-state index is 9.39. The second-order valence-corrected chi connectivity index (χ2v) is 8.36. The van der Waals surface area contributed by atoms with E-state index in [1.165, 1.54) is 12.8 Å². The number of aryl methyl sites for hydroxylation is 1. The first kappa shape index (κ1) is 18.8. The Morgan fingerprint density at radius 3 is 2.69 bits per heavy atom. The molecule has 0 amide bonds. The monoisotopic (exact) mass is 357 g/mol. The minimum atomic E-state index is -0.0307. The molecule has 1 atom stereocenters. The Kier molecular flexibility index (Phi) is 5.91. The standard InChI is InChI=1S/C20H31N5O/c1-16-6-4-8-24(13-16)19-22-10-17(11-23-19)18-12-21-15-25(18)9-5-7-20(2,3)14-26/h10-12,15-16,26H,4-9,13-14H2,1-3H3/t16-/m1/s1. The van der Waals surface area contributed by atoms with Crippen LogP contribution in [0.3, 0.4) is 0 Å². The summed E-state index contributed by atoms with van der Waals surface area (Å²) < 4.78 is 2.15. The van der Waals surface area contributed by atoms with Crippen molar-refractivity contribution >= 4 is 5.95 Å². The number of nitrogens with zero attached hydrogens (tertiary/aromatic N) is 5. The highest BCUT2D eigenvalue weighted by molar-refractivity contribution is 5.57. The second kappa shape index (κ2) is 8.16. The molecule has 1 fully saturated rings. The molecular weight excluding hydrogens is 326 g/mol. The number of aliphatic hydroxyl groups is 1. The van der Waals surface area contributed by atoms with E-state index >= 15 is 0 Å². The van der Waals surface area contributed by atoms with Crippen LogP contribution in [-0.4, -0.2) is 44.3 Å². The van der Waals surface area contributed by atoms with Gasteiger partial charge in [0.05, 0.1) is 18.2 Å². The van der Waals surface area contributed by atoms with Crippen molar-refractivity contribution in [1.29, 1.82) is 0 Å². The summed E-state index contributed by atoms with van der Waals surface area (Å²) in [5, 5.41) is 9.39. The van der Waals surface area contributed by atoms with Gasteiger partial charge in [-0.15, -0.1) is 0 Å². The Balaban J connectivity index is 1.65. The number of anilines is 1. The molecule has 0 radical (unpaired) electrons. The van der Waals surface area contributed by atoms with E-state index in [9.17, 15) is 5.11 Å². The van der Waals surface area contributed by atoms with Gasteiger partial charge in [-0.25, -0.2) is 15.0 Å². The van der Waals surface area contributed by atoms with Gasteiger partial charge in [0.1, 0.15) is 0 Å². The average Bonchev–Trinajstić information content (AvgIpc) is 3.10. The van der Waals surface area contributed by atoms with E-state index in [1.54, 1.807) is 0 Å². The summed E-state index contributed by atoms with van der Waals surface area (Å²) in [6.45, 7) is 9.65. The fraction of sp³-hybridized carbons (Fsp3) is 0.650. The zero-order chi connectivity index (χ0) is 18.6. The van der Waals surface area contributed by atoms with Crippen molar-refractivity contribution in [2.45, 2.75) is 53.0 Å². The highest BCUT2D eigenvalue weighted by Crippen LogP contribution is 2.24. The fourth-order valence-electron chi connectivity index (χ4n) is 3.53. The Morgan fingerprint density at radius 1 is 1.23 bits per heavy atom. The van der Waals surface area contributed by atoms with Crippen LogP contribution in [0.5, 0.6) is 0 Å². The lowest BCUT2D eigenvalue weighted by molar-refractivity contribution is 0.146. The number of aromatic nitrogens is 4. The predicted molar refractivity (Wildman–Crippen MR) is 104 cm³/mol. The molecule has 1 aliphatic heterocycles. The lowest BCUT2D eigenvalue weighted by Crippen LogP contribution is -2.35. The smallest absolute Gasteiger partial charge is 0.225 e. The summed E-state index contributed by atoms with van der Waals surface area (Å²) in [7, 11) is 0. The Morgan fingerprint density at radius 2 is 2.00 bits per heavy atom. The van der Waals surface area contributed by atoms with Crippen LogP contribution in [0.4, 0.5) is 5.95 Å². The SMILES string of the molecule is C[C@@H]1CCCN(c2ncc(-c3cncn3CCCC(C)(C)CO)cn2)C1. The summed E-state index contributed by atoms with van der Waals surface area (Å²) >= 11 is 0. The van der Waals surface area contributed by atoms with E-state index in [0.717, 1.165) is 49.7 Å². The van der Waals surface area contributed by atoms with Gasteiger partial charge in [0.15, 0.2) is 0 Å². The molecule has 142 valence electrons. The molecule has 1 N–H and O–H groups in total. The van der Waals surface area contributed by atoms with Crippen LogP contribution >= 0.6 is 0 Å². The van der Waals surface area contributed by atoms with Gasteiger partial charge in [-0.05, 0) is 37.0 Å². The molecule has 0 unspecified atom stereocenters. The zero-order valence-corrected chi connectivity index (χ0v) is 16.2. The number of piperidine rings is 1. The third-order valence-electron chi connectivity index (χ3n) is 5.27. The minimum absolute atomic E-state index is 0.0307. The Labute approximate surface area is 156 Å². The van der Waals surface area contributed by atoms with E-state index in [-0.39, 0.29) is 12.0 Å². The average molecular weight is 358 g/mol. The summed E-state index contributed by atoms with van der Waals surface area (Å²) in [6, 6.07) is 0. The van der Waals surface area contributed by atoms with Gasteiger partial charge in [-0.2, -0.15) is 0 Å². The lowest BCUT2D eigenvalue weighted by atomic mass is 9.89. The minimum Gasteiger partial charge on any atom is -0.396 e. The highest BCUT2D eigenvalue weighted by Gasteiger charge is 2.19. The van der Waals surface area contributed by atoms with Gasteiger partial charge in [-0.3, -0.25) is 0 Å². The van der Waals surface area contributed by atoms with E-state index < -0.39 is 0 Å². The van der Waals surface area contributed by atoms with Crippen LogP contribution in [-0.2, 0) is 6.54 Å².